The number of hydrogen-bond acceptors (Lipinski definition) is 5. The van der Waals surface area contributed by atoms with Crippen LogP contribution in [0.15, 0.2) is 11.0 Å². The van der Waals surface area contributed by atoms with Gasteiger partial charge in [-0.2, -0.15) is 0 Å². The lowest BCUT2D eigenvalue weighted by molar-refractivity contribution is 0.487. The van der Waals surface area contributed by atoms with Crippen LogP contribution >= 0.6 is 0 Å². The highest BCUT2D eigenvalue weighted by Crippen LogP contribution is 2.43. The standard InChI is InChI=1S/C20H28FN5O.2C2H6/c1-10-8-26(14-4-5-14)19-15(20(10)27)17(24-23)11(2)18(16(19)21)25-7-6-13(9-25)12(3)22;2*1-2/h8,12-14,24H,4-7,9,22-23H2,1-3H3;2*1-2H3. The summed E-state index contributed by atoms with van der Waals surface area (Å²) in [7, 11) is 0. The summed E-state index contributed by atoms with van der Waals surface area (Å²) in [6.45, 7) is 15.1. The maximum atomic E-state index is 15.9. The van der Waals surface area contributed by atoms with Crippen LogP contribution in [0.2, 0.25) is 0 Å². The second-order valence-corrected chi connectivity index (χ2v) is 8.16. The molecule has 7 heteroatoms. The molecule has 2 atom stereocenters. The number of fused-ring (bicyclic) bond motifs is 1. The second kappa shape index (κ2) is 10.5. The van der Waals surface area contributed by atoms with Crippen molar-refractivity contribution >= 4 is 22.3 Å². The van der Waals surface area contributed by atoms with Crippen LogP contribution in [0.5, 0.6) is 0 Å². The van der Waals surface area contributed by atoms with Crippen molar-refractivity contribution in [1.29, 1.82) is 0 Å². The van der Waals surface area contributed by atoms with Crippen LogP contribution in [0, 0.1) is 25.6 Å². The van der Waals surface area contributed by atoms with E-state index < -0.39 is 0 Å². The van der Waals surface area contributed by atoms with E-state index in [1.165, 1.54) is 0 Å². The molecule has 2 fully saturated rings. The van der Waals surface area contributed by atoms with Crippen molar-refractivity contribution in [1.82, 2.24) is 4.57 Å². The molecule has 6 nitrogen and oxygen atoms in total. The van der Waals surface area contributed by atoms with Crippen molar-refractivity contribution in [2.45, 2.75) is 79.8 Å². The van der Waals surface area contributed by atoms with E-state index in [4.69, 9.17) is 11.6 Å². The number of halogens is 1. The number of nitrogens with two attached hydrogens (primary N) is 2. The first-order valence-electron chi connectivity index (χ1n) is 11.7. The number of anilines is 2. The molecule has 0 bridgehead atoms. The molecule has 2 aromatic rings. The van der Waals surface area contributed by atoms with E-state index in [0.717, 1.165) is 25.8 Å². The van der Waals surface area contributed by atoms with Gasteiger partial charge < -0.3 is 20.6 Å². The molecular formula is C24H40FN5O. The van der Waals surface area contributed by atoms with Crippen LogP contribution in [0.3, 0.4) is 0 Å². The second-order valence-electron chi connectivity index (χ2n) is 8.16. The van der Waals surface area contributed by atoms with Gasteiger partial charge in [-0.3, -0.25) is 10.6 Å². The van der Waals surface area contributed by atoms with E-state index in [1.54, 1.807) is 13.1 Å². The van der Waals surface area contributed by atoms with Gasteiger partial charge in [0, 0.05) is 42.5 Å². The van der Waals surface area contributed by atoms with Gasteiger partial charge in [0.25, 0.3) is 0 Å². The van der Waals surface area contributed by atoms with Crippen molar-refractivity contribution in [2.75, 3.05) is 23.4 Å². The first-order valence-corrected chi connectivity index (χ1v) is 11.7. The average Bonchev–Trinajstić information content (AvgIpc) is 3.50. The van der Waals surface area contributed by atoms with Gasteiger partial charge in [0.05, 0.1) is 22.3 Å². The van der Waals surface area contributed by atoms with E-state index in [-0.39, 0.29) is 23.3 Å². The Hall–Kier alpha value is -2.12. The minimum atomic E-state index is -0.323. The van der Waals surface area contributed by atoms with E-state index in [1.807, 2.05) is 46.1 Å². The van der Waals surface area contributed by atoms with Gasteiger partial charge in [-0.25, -0.2) is 4.39 Å². The fourth-order valence-corrected chi connectivity index (χ4v) is 4.42. The van der Waals surface area contributed by atoms with Crippen molar-refractivity contribution < 1.29 is 4.39 Å². The molecular weight excluding hydrogens is 393 g/mol. The normalized spacial score (nSPS) is 18.8. The SMILES string of the molecule is CC.CC.Cc1c(N2CCC(C(C)N)C2)c(F)c2c(c1NN)c(=O)c(C)cn2C1CC1. The highest BCUT2D eigenvalue weighted by atomic mass is 19.1. The van der Waals surface area contributed by atoms with E-state index >= 15 is 4.39 Å². The minimum Gasteiger partial charge on any atom is -0.368 e. The summed E-state index contributed by atoms with van der Waals surface area (Å²) < 4.78 is 17.8. The molecule has 1 saturated carbocycles. The molecule has 174 valence electrons. The number of nitrogens with one attached hydrogen (secondary N) is 1. The van der Waals surface area contributed by atoms with Crippen LogP contribution in [-0.2, 0) is 0 Å². The van der Waals surface area contributed by atoms with Crippen molar-refractivity contribution in [2.24, 2.45) is 17.5 Å². The molecule has 1 aliphatic carbocycles. The quantitative estimate of drug-likeness (QED) is 0.484. The van der Waals surface area contributed by atoms with Gasteiger partial charge in [-0.05, 0) is 46.0 Å². The topological polar surface area (TPSA) is 89.3 Å². The number of hydrazine groups is 1. The van der Waals surface area contributed by atoms with Gasteiger partial charge in [0.1, 0.15) is 0 Å². The summed E-state index contributed by atoms with van der Waals surface area (Å²) >= 11 is 0. The van der Waals surface area contributed by atoms with Crippen LogP contribution < -0.4 is 27.3 Å². The fraction of sp³-hybridized carbons (Fsp3) is 0.625. The molecule has 1 aliphatic heterocycles. The van der Waals surface area contributed by atoms with Crippen molar-refractivity contribution in [3.63, 3.8) is 0 Å². The minimum absolute atomic E-state index is 0.0678. The van der Waals surface area contributed by atoms with Crippen LogP contribution in [0.4, 0.5) is 15.8 Å². The van der Waals surface area contributed by atoms with Crippen molar-refractivity contribution in [3.05, 3.63) is 33.4 Å². The molecule has 5 N–H and O–H groups in total. The molecule has 2 heterocycles. The number of pyridine rings is 1. The van der Waals surface area contributed by atoms with Crippen LogP contribution in [-0.4, -0.2) is 23.7 Å². The van der Waals surface area contributed by atoms with Gasteiger partial charge in [-0.1, -0.05) is 27.7 Å². The van der Waals surface area contributed by atoms with Gasteiger partial charge in [0.15, 0.2) is 11.2 Å². The Kier molecular flexibility index (Phi) is 8.49. The Bertz CT molecular complexity index is 965. The third-order valence-corrected chi connectivity index (χ3v) is 6.18. The number of benzene rings is 1. The summed E-state index contributed by atoms with van der Waals surface area (Å²) in [5.74, 6) is 5.82. The predicted octanol–water partition coefficient (Wildman–Crippen LogP) is 4.60. The lowest BCUT2D eigenvalue weighted by Gasteiger charge is -2.26. The highest BCUT2D eigenvalue weighted by molar-refractivity contribution is 5.98. The number of rotatable bonds is 4. The highest BCUT2D eigenvalue weighted by Gasteiger charge is 2.33. The zero-order chi connectivity index (χ0) is 23.5. The predicted molar refractivity (Wildman–Crippen MR) is 130 cm³/mol. The largest absolute Gasteiger partial charge is 0.368 e. The third kappa shape index (κ3) is 4.58. The molecule has 0 radical (unpaired) electrons. The summed E-state index contributed by atoms with van der Waals surface area (Å²) in [6, 6.07) is 0.316. The molecule has 0 amide bonds. The molecule has 0 spiro atoms. The van der Waals surface area contributed by atoms with E-state index in [9.17, 15) is 4.79 Å². The Morgan fingerprint density at radius 3 is 2.26 bits per heavy atom. The Labute approximate surface area is 185 Å². The van der Waals surface area contributed by atoms with Crippen molar-refractivity contribution in [3.8, 4) is 0 Å². The van der Waals surface area contributed by atoms with Gasteiger partial charge >= 0.3 is 0 Å². The summed E-state index contributed by atoms with van der Waals surface area (Å²) in [5, 5.41) is 0.353. The monoisotopic (exact) mass is 433 g/mol. The van der Waals surface area contributed by atoms with Crippen LogP contribution in [0.25, 0.3) is 10.9 Å². The van der Waals surface area contributed by atoms with Gasteiger partial charge in [-0.15, -0.1) is 0 Å². The summed E-state index contributed by atoms with van der Waals surface area (Å²) in [4.78, 5) is 14.9. The first kappa shape index (κ1) is 25.1. The molecule has 31 heavy (non-hydrogen) atoms. The molecule has 1 saturated heterocycles. The smallest absolute Gasteiger partial charge is 0.194 e. The number of hydrogen-bond donors (Lipinski definition) is 3. The Balaban J connectivity index is 0.000000807. The molecule has 1 aromatic carbocycles. The van der Waals surface area contributed by atoms with E-state index in [0.29, 0.717) is 45.9 Å². The lowest BCUT2D eigenvalue weighted by Crippen LogP contribution is -2.30. The maximum absolute atomic E-state index is 15.9. The molecule has 2 unspecified atom stereocenters. The molecule has 1 aromatic heterocycles. The zero-order valence-corrected chi connectivity index (χ0v) is 20.2. The third-order valence-electron chi connectivity index (χ3n) is 6.18. The Morgan fingerprint density at radius 1 is 1.16 bits per heavy atom. The maximum Gasteiger partial charge on any atom is 0.194 e. The number of nitrogen functional groups attached to an aromatic ring is 1. The van der Waals surface area contributed by atoms with Crippen LogP contribution in [0.1, 0.15) is 71.0 Å². The summed E-state index contributed by atoms with van der Waals surface area (Å²) in [5.41, 5.74) is 11.3. The molecule has 2 aliphatic rings. The number of aromatic nitrogens is 1. The number of aryl methyl sites for hydroxylation is 1. The zero-order valence-electron chi connectivity index (χ0n) is 20.2. The summed E-state index contributed by atoms with van der Waals surface area (Å²) in [6.07, 6.45) is 4.73. The first-order chi connectivity index (χ1) is 14.8. The number of nitrogens with zero attached hydrogens (tertiary/aromatic N) is 2. The lowest BCUT2D eigenvalue weighted by atomic mass is 10.0. The van der Waals surface area contributed by atoms with E-state index in [2.05, 4.69) is 10.3 Å². The molecule has 4 rings (SSSR count). The fourth-order valence-electron chi connectivity index (χ4n) is 4.42. The van der Waals surface area contributed by atoms with Gasteiger partial charge in [0.2, 0.25) is 0 Å². The average molecular weight is 434 g/mol. The Morgan fingerprint density at radius 2 is 1.77 bits per heavy atom.